The van der Waals surface area contributed by atoms with Crippen molar-refractivity contribution in [2.75, 3.05) is 6.54 Å². The van der Waals surface area contributed by atoms with Crippen LogP contribution in [0.1, 0.15) is 38.3 Å². The van der Waals surface area contributed by atoms with E-state index in [1.165, 1.54) is 4.90 Å². The summed E-state index contributed by atoms with van der Waals surface area (Å²) in [7, 11) is -2.29. The third kappa shape index (κ3) is 4.70. The first kappa shape index (κ1) is 20.1. The van der Waals surface area contributed by atoms with E-state index >= 15 is 0 Å². The Morgan fingerprint density at radius 3 is 2.65 bits per heavy atom. The topological polar surface area (TPSA) is 110 Å². The van der Waals surface area contributed by atoms with Gasteiger partial charge in [-0.1, -0.05) is 38.6 Å². The third-order valence-electron chi connectivity index (χ3n) is 4.53. The Labute approximate surface area is 154 Å². The number of aromatic nitrogens is 1. The minimum atomic E-state index is -2.29. The standard InChI is InChI=1S/C18H27N3O4Si/c1-4-5-11-21(15(22)10-12-26(2,3)18(19)24)17(23)16-20-13-8-6-7-9-14(13)25-16/h6-9,17,23H,4-5,10-12H2,1-3H3,(H2,19,24)/t17-/m0/s1. The molecule has 0 aliphatic carbocycles. The van der Waals surface area contributed by atoms with Gasteiger partial charge in [0.1, 0.15) is 5.52 Å². The number of amides is 2. The first-order valence-corrected chi connectivity index (χ1v) is 12.1. The number of carbonyl (C=O) groups excluding carboxylic acids is 2. The molecule has 0 fully saturated rings. The Hall–Kier alpha value is -2.19. The fourth-order valence-corrected chi connectivity index (χ4v) is 3.62. The van der Waals surface area contributed by atoms with Crippen LogP contribution in [0.15, 0.2) is 28.7 Å². The fourth-order valence-electron chi connectivity index (χ4n) is 2.53. The van der Waals surface area contributed by atoms with Crippen LogP contribution in [-0.4, -0.2) is 41.0 Å². The van der Waals surface area contributed by atoms with Crippen LogP contribution in [0.25, 0.3) is 11.1 Å². The van der Waals surface area contributed by atoms with E-state index in [1.54, 1.807) is 12.1 Å². The number of hydrogen-bond donors (Lipinski definition) is 2. The first-order chi connectivity index (χ1) is 12.3. The van der Waals surface area contributed by atoms with E-state index in [0.717, 1.165) is 12.8 Å². The largest absolute Gasteiger partial charge is 0.436 e. The summed E-state index contributed by atoms with van der Waals surface area (Å²) in [6.07, 6.45) is 0.550. The molecular weight excluding hydrogens is 350 g/mol. The van der Waals surface area contributed by atoms with E-state index in [1.807, 2.05) is 32.2 Å². The third-order valence-corrected chi connectivity index (χ3v) is 7.36. The molecule has 7 nitrogen and oxygen atoms in total. The van der Waals surface area contributed by atoms with Crippen molar-refractivity contribution in [1.82, 2.24) is 9.88 Å². The number of nitrogens with zero attached hydrogens (tertiary/aromatic N) is 2. The highest BCUT2D eigenvalue weighted by molar-refractivity contribution is 7.04. The van der Waals surface area contributed by atoms with Gasteiger partial charge in [0, 0.05) is 13.0 Å². The van der Waals surface area contributed by atoms with Gasteiger partial charge >= 0.3 is 0 Å². The second kappa shape index (κ2) is 8.46. The maximum Gasteiger partial charge on any atom is 0.246 e. The van der Waals surface area contributed by atoms with Gasteiger partial charge in [0.05, 0.1) is 0 Å². The van der Waals surface area contributed by atoms with Crippen molar-refractivity contribution in [2.24, 2.45) is 5.73 Å². The molecule has 0 radical (unpaired) electrons. The first-order valence-electron chi connectivity index (χ1n) is 8.89. The molecule has 1 atom stereocenters. The SMILES string of the molecule is CCCCN(C(=O)CC[Si](C)(C)C(N)=O)[C@@H](O)c1nc2ccccc2o1. The lowest BCUT2D eigenvalue weighted by Gasteiger charge is -2.27. The number of unbranched alkanes of at least 4 members (excludes halogenated alkanes) is 1. The zero-order valence-corrected chi connectivity index (χ0v) is 16.6. The highest BCUT2D eigenvalue weighted by Crippen LogP contribution is 2.24. The summed E-state index contributed by atoms with van der Waals surface area (Å²) in [6.45, 7) is 6.10. The van der Waals surface area contributed by atoms with Crippen LogP contribution in [0, 0.1) is 0 Å². The monoisotopic (exact) mass is 377 g/mol. The molecule has 0 bridgehead atoms. The number of rotatable bonds is 9. The predicted octanol–water partition coefficient (Wildman–Crippen LogP) is 3.21. The summed E-state index contributed by atoms with van der Waals surface area (Å²) in [5, 5.41) is 10.7. The molecule has 3 N–H and O–H groups in total. The average molecular weight is 378 g/mol. The van der Waals surface area contributed by atoms with E-state index in [-0.39, 0.29) is 23.7 Å². The van der Waals surface area contributed by atoms with Crippen LogP contribution < -0.4 is 5.73 Å². The Morgan fingerprint density at radius 2 is 2.04 bits per heavy atom. The molecular formula is C18H27N3O4Si. The Kier molecular flexibility index (Phi) is 6.55. The molecule has 0 aliphatic heterocycles. The van der Waals surface area contributed by atoms with Gasteiger partial charge in [0.25, 0.3) is 0 Å². The normalized spacial score (nSPS) is 12.9. The molecule has 0 saturated heterocycles. The number of nitrogens with two attached hydrogens (primary N) is 1. The second-order valence-electron chi connectivity index (χ2n) is 7.08. The fraction of sp³-hybridized carbons (Fsp3) is 0.500. The maximum absolute atomic E-state index is 12.7. The number of aliphatic hydroxyl groups excluding tert-OH is 1. The molecule has 26 heavy (non-hydrogen) atoms. The molecule has 1 heterocycles. The predicted molar refractivity (Wildman–Crippen MR) is 102 cm³/mol. The number of oxazole rings is 1. The van der Waals surface area contributed by atoms with Crippen LogP contribution in [0.3, 0.4) is 0 Å². The lowest BCUT2D eigenvalue weighted by molar-refractivity contribution is -0.143. The zero-order valence-electron chi connectivity index (χ0n) is 15.6. The van der Waals surface area contributed by atoms with Crippen LogP contribution in [0.2, 0.25) is 19.1 Å². The summed E-state index contributed by atoms with van der Waals surface area (Å²) >= 11 is 0. The molecule has 8 heteroatoms. The van der Waals surface area contributed by atoms with Gasteiger partial charge < -0.3 is 20.2 Å². The van der Waals surface area contributed by atoms with Gasteiger partial charge in [-0.15, -0.1) is 0 Å². The number of primary amides is 1. The average Bonchev–Trinajstić information content (AvgIpc) is 3.04. The molecule has 2 amide bonds. The number of benzene rings is 1. The van der Waals surface area contributed by atoms with E-state index in [4.69, 9.17) is 10.2 Å². The van der Waals surface area contributed by atoms with Gasteiger partial charge in [-0.05, 0) is 24.6 Å². The molecule has 142 valence electrons. The Balaban J connectivity index is 2.16. The minimum Gasteiger partial charge on any atom is -0.436 e. The lowest BCUT2D eigenvalue weighted by Crippen LogP contribution is -2.43. The number of aliphatic hydroxyl groups is 1. The van der Waals surface area contributed by atoms with Crippen LogP contribution in [0.5, 0.6) is 0 Å². The summed E-state index contributed by atoms with van der Waals surface area (Å²) < 4.78 is 5.60. The highest BCUT2D eigenvalue weighted by atomic mass is 28.3. The minimum absolute atomic E-state index is 0.0991. The number of hydrogen-bond acceptors (Lipinski definition) is 5. The molecule has 2 rings (SSSR count). The van der Waals surface area contributed by atoms with Crippen molar-refractivity contribution in [3.05, 3.63) is 30.2 Å². The molecule has 1 aromatic carbocycles. The summed E-state index contributed by atoms with van der Waals surface area (Å²) in [6, 6.07) is 7.65. The van der Waals surface area contributed by atoms with Crippen LogP contribution in [0.4, 0.5) is 4.79 Å². The number of carbonyl (C=O) groups is 2. The van der Waals surface area contributed by atoms with Crippen molar-refractivity contribution in [2.45, 2.75) is 51.6 Å². The quantitative estimate of drug-likeness (QED) is 0.515. The van der Waals surface area contributed by atoms with E-state index in [9.17, 15) is 14.7 Å². The lowest BCUT2D eigenvalue weighted by atomic mass is 10.2. The van der Waals surface area contributed by atoms with Gasteiger partial charge in [-0.2, -0.15) is 0 Å². The molecule has 0 spiro atoms. The van der Waals surface area contributed by atoms with Crippen molar-refractivity contribution >= 4 is 30.6 Å². The van der Waals surface area contributed by atoms with Gasteiger partial charge in [0.2, 0.25) is 18.0 Å². The highest BCUT2D eigenvalue weighted by Gasteiger charge is 2.32. The summed E-state index contributed by atoms with van der Waals surface area (Å²) in [4.78, 5) is 29.9. The Bertz CT molecular complexity index is 742. The molecule has 0 aliphatic rings. The summed E-state index contributed by atoms with van der Waals surface area (Å²) in [5.41, 5.74) is 6.31. The van der Waals surface area contributed by atoms with Crippen LogP contribution >= 0.6 is 0 Å². The molecule has 0 saturated carbocycles. The molecule has 2 aromatic rings. The molecule has 1 aromatic heterocycles. The summed E-state index contributed by atoms with van der Waals surface area (Å²) in [5.74, 6) is -0.128. The van der Waals surface area contributed by atoms with Crippen molar-refractivity contribution in [1.29, 1.82) is 0 Å². The smallest absolute Gasteiger partial charge is 0.246 e. The van der Waals surface area contributed by atoms with Gasteiger partial charge in [0.15, 0.2) is 19.2 Å². The molecule has 0 unspecified atom stereocenters. The van der Waals surface area contributed by atoms with E-state index in [0.29, 0.717) is 23.7 Å². The van der Waals surface area contributed by atoms with Crippen molar-refractivity contribution < 1.29 is 19.1 Å². The number of para-hydroxylation sites is 2. The zero-order chi connectivity index (χ0) is 19.3. The Morgan fingerprint density at radius 1 is 1.35 bits per heavy atom. The van der Waals surface area contributed by atoms with Gasteiger partial charge in [-0.3, -0.25) is 9.59 Å². The number of fused-ring (bicyclic) bond motifs is 1. The van der Waals surface area contributed by atoms with Gasteiger partial charge in [-0.25, -0.2) is 4.98 Å². The maximum atomic E-state index is 12.7. The van der Waals surface area contributed by atoms with E-state index in [2.05, 4.69) is 4.98 Å². The second-order valence-corrected chi connectivity index (χ2v) is 11.8. The van der Waals surface area contributed by atoms with Crippen molar-refractivity contribution in [3.8, 4) is 0 Å². The van der Waals surface area contributed by atoms with Crippen LogP contribution in [-0.2, 0) is 4.79 Å². The van der Waals surface area contributed by atoms with Crippen molar-refractivity contribution in [3.63, 3.8) is 0 Å². The van der Waals surface area contributed by atoms with E-state index < -0.39 is 14.3 Å².